The summed E-state index contributed by atoms with van der Waals surface area (Å²) < 4.78 is 26.1. The van der Waals surface area contributed by atoms with Crippen LogP contribution in [0.15, 0.2) is 12.1 Å². The van der Waals surface area contributed by atoms with E-state index in [1.54, 1.807) is 26.4 Å². The van der Waals surface area contributed by atoms with Crippen molar-refractivity contribution >= 4 is 23.5 Å². The van der Waals surface area contributed by atoms with Crippen LogP contribution < -0.4 is 10.6 Å². The van der Waals surface area contributed by atoms with E-state index in [4.69, 9.17) is 20.3 Å². The Hall–Kier alpha value is -2.72. The van der Waals surface area contributed by atoms with Crippen molar-refractivity contribution < 1.29 is 33.4 Å². The minimum atomic E-state index is -1.10. The maximum Gasteiger partial charge on any atom is 0.303 e. The molecule has 3 N–H and O–H groups in total. The van der Waals surface area contributed by atoms with Crippen LogP contribution in [0.1, 0.15) is 41.6 Å². The average Bonchev–Trinajstić information content (AvgIpc) is 3.07. The molecule has 0 aliphatic carbocycles. The molecule has 31 heavy (non-hydrogen) atoms. The predicted octanol–water partition coefficient (Wildman–Crippen LogP) is 1.34. The van der Waals surface area contributed by atoms with E-state index in [1.165, 1.54) is 0 Å². The molecule has 0 bridgehead atoms. The van der Waals surface area contributed by atoms with E-state index in [9.17, 15) is 14.4 Å². The lowest BCUT2D eigenvalue weighted by Crippen LogP contribution is -2.45. The predicted molar refractivity (Wildman–Crippen MR) is 109 cm³/mol. The minimum absolute atomic E-state index is 0.118. The van der Waals surface area contributed by atoms with Gasteiger partial charge in [0.05, 0.1) is 12.2 Å². The number of anilines is 1. The van der Waals surface area contributed by atoms with Gasteiger partial charge >= 0.3 is 5.97 Å². The number of carbonyl (C=O) groups excluding carboxylic acids is 2. The Morgan fingerprint density at radius 3 is 2.45 bits per heavy atom. The van der Waals surface area contributed by atoms with Crippen LogP contribution in [0.3, 0.4) is 0 Å². The number of halogens is 1. The Labute approximate surface area is 179 Å². The summed E-state index contributed by atoms with van der Waals surface area (Å²) in [5, 5.41) is 8.90. The van der Waals surface area contributed by atoms with Gasteiger partial charge in [0.15, 0.2) is 12.1 Å². The summed E-state index contributed by atoms with van der Waals surface area (Å²) >= 11 is 0. The normalized spacial score (nSPS) is 17.9. The fourth-order valence-corrected chi connectivity index (χ4v) is 4.46. The van der Waals surface area contributed by atoms with E-state index in [1.807, 2.05) is 4.90 Å². The standard InChI is InChI=1S/C21H28FN3O6/c1-30-21(31-2)12-7-9-24(10-8-12)15-4-3-13-14(18(15)22)11-25(20(13)29)16(19(23)28)5-6-17(26)27/h3-4,12,16,21H,5-11H2,1-2H3,(H2,23,28)(H,26,27)/t16-/m0/s1. The lowest BCUT2D eigenvalue weighted by Gasteiger charge is -2.36. The Balaban J connectivity index is 1.77. The third-order valence-corrected chi connectivity index (χ3v) is 6.11. The van der Waals surface area contributed by atoms with Crippen LogP contribution in [0.5, 0.6) is 0 Å². The Morgan fingerprint density at radius 1 is 1.26 bits per heavy atom. The molecule has 0 unspecified atom stereocenters. The van der Waals surface area contributed by atoms with Gasteiger partial charge in [-0.1, -0.05) is 0 Å². The van der Waals surface area contributed by atoms with Crippen molar-refractivity contribution in [2.45, 2.75) is 44.6 Å². The number of fused-ring (bicyclic) bond motifs is 1. The summed E-state index contributed by atoms with van der Waals surface area (Å²) in [6.45, 7) is 1.11. The molecule has 0 radical (unpaired) electrons. The maximum atomic E-state index is 15.4. The molecule has 0 saturated carbocycles. The van der Waals surface area contributed by atoms with Crippen LogP contribution in [0.4, 0.5) is 10.1 Å². The van der Waals surface area contributed by atoms with Gasteiger partial charge in [-0.3, -0.25) is 14.4 Å². The number of primary amides is 1. The van der Waals surface area contributed by atoms with E-state index in [0.717, 1.165) is 17.7 Å². The molecule has 9 nitrogen and oxygen atoms in total. The van der Waals surface area contributed by atoms with Crippen LogP contribution in [0.25, 0.3) is 0 Å². The van der Waals surface area contributed by atoms with Gasteiger partial charge in [-0.25, -0.2) is 4.39 Å². The molecule has 10 heteroatoms. The third-order valence-electron chi connectivity index (χ3n) is 6.11. The molecule has 2 aliphatic heterocycles. The van der Waals surface area contributed by atoms with Gasteiger partial charge < -0.3 is 30.1 Å². The highest BCUT2D eigenvalue weighted by Crippen LogP contribution is 2.35. The van der Waals surface area contributed by atoms with Crippen LogP contribution in [0, 0.1) is 11.7 Å². The number of carboxylic acid groups (broad SMARTS) is 1. The number of piperidine rings is 1. The lowest BCUT2D eigenvalue weighted by atomic mass is 9.95. The zero-order chi connectivity index (χ0) is 22.7. The SMILES string of the molecule is COC(OC)C1CCN(c2ccc3c(c2F)CN([C@@H](CCC(=O)O)C(N)=O)C3=O)CC1. The van der Waals surface area contributed by atoms with Crippen molar-refractivity contribution in [2.24, 2.45) is 11.7 Å². The number of nitrogens with two attached hydrogens (primary N) is 1. The number of carboxylic acids is 1. The topological polar surface area (TPSA) is 122 Å². The van der Waals surface area contributed by atoms with Crippen molar-refractivity contribution in [1.29, 1.82) is 0 Å². The largest absolute Gasteiger partial charge is 0.481 e. The first-order valence-electron chi connectivity index (χ1n) is 10.2. The zero-order valence-corrected chi connectivity index (χ0v) is 17.7. The number of carbonyl (C=O) groups is 3. The number of benzene rings is 1. The van der Waals surface area contributed by atoms with E-state index in [-0.39, 0.29) is 42.7 Å². The molecule has 0 aromatic heterocycles. The Kier molecular flexibility index (Phi) is 7.11. The van der Waals surface area contributed by atoms with Crippen molar-refractivity contribution in [3.8, 4) is 0 Å². The summed E-state index contributed by atoms with van der Waals surface area (Å²) in [7, 11) is 3.19. The van der Waals surface area contributed by atoms with Crippen LogP contribution in [-0.4, -0.2) is 67.4 Å². The third kappa shape index (κ3) is 4.64. The fraction of sp³-hybridized carbons (Fsp3) is 0.571. The summed E-state index contributed by atoms with van der Waals surface area (Å²) in [5.41, 5.74) is 6.18. The first kappa shape index (κ1) is 23.0. The smallest absolute Gasteiger partial charge is 0.303 e. The summed E-state index contributed by atoms with van der Waals surface area (Å²) in [6, 6.07) is 2.04. The molecular weight excluding hydrogens is 409 g/mol. The van der Waals surface area contributed by atoms with E-state index >= 15 is 4.39 Å². The monoisotopic (exact) mass is 437 g/mol. The number of hydrogen-bond donors (Lipinski definition) is 2. The van der Waals surface area contributed by atoms with Crippen molar-refractivity contribution in [2.75, 3.05) is 32.2 Å². The molecule has 3 rings (SSSR count). The van der Waals surface area contributed by atoms with Crippen LogP contribution in [-0.2, 0) is 25.6 Å². The van der Waals surface area contributed by atoms with Crippen molar-refractivity contribution in [3.05, 3.63) is 29.1 Å². The first-order chi connectivity index (χ1) is 14.8. The van der Waals surface area contributed by atoms with Crippen LogP contribution in [0.2, 0.25) is 0 Å². The molecule has 1 saturated heterocycles. The highest BCUT2D eigenvalue weighted by Gasteiger charge is 2.38. The molecule has 2 amide bonds. The first-order valence-corrected chi connectivity index (χ1v) is 10.2. The van der Waals surface area contributed by atoms with Gasteiger partial charge in [-0.15, -0.1) is 0 Å². The minimum Gasteiger partial charge on any atom is -0.481 e. The lowest BCUT2D eigenvalue weighted by molar-refractivity contribution is -0.141. The second-order valence-electron chi connectivity index (χ2n) is 7.87. The second kappa shape index (κ2) is 9.61. The average molecular weight is 437 g/mol. The molecule has 0 spiro atoms. The summed E-state index contributed by atoms with van der Waals surface area (Å²) in [4.78, 5) is 38.6. The van der Waals surface area contributed by atoms with Gasteiger partial charge in [-0.2, -0.15) is 0 Å². The molecule has 170 valence electrons. The number of methoxy groups -OCH3 is 2. The number of aliphatic carboxylic acids is 1. The van der Waals surface area contributed by atoms with Crippen LogP contribution >= 0.6 is 0 Å². The molecule has 1 atom stereocenters. The molecule has 2 aliphatic rings. The van der Waals surface area contributed by atoms with Gasteiger partial charge in [0, 0.05) is 50.8 Å². The number of hydrogen-bond acceptors (Lipinski definition) is 6. The number of ether oxygens (including phenoxy) is 2. The fourth-order valence-electron chi connectivity index (χ4n) is 4.46. The highest BCUT2D eigenvalue weighted by molar-refractivity contribution is 6.01. The quantitative estimate of drug-likeness (QED) is 0.559. The Morgan fingerprint density at radius 2 is 1.90 bits per heavy atom. The number of amides is 2. The van der Waals surface area contributed by atoms with E-state index in [0.29, 0.717) is 18.8 Å². The number of nitrogens with zero attached hydrogens (tertiary/aromatic N) is 2. The molecule has 2 heterocycles. The summed E-state index contributed by atoms with van der Waals surface area (Å²) in [6.07, 6.45) is 0.807. The van der Waals surface area contributed by atoms with Crippen molar-refractivity contribution in [3.63, 3.8) is 0 Å². The second-order valence-corrected chi connectivity index (χ2v) is 7.87. The van der Waals surface area contributed by atoms with Gasteiger partial charge in [0.25, 0.3) is 5.91 Å². The molecule has 1 aromatic rings. The zero-order valence-electron chi connectivity index (χ0n) is 17.7. The molecular formula is C21H28FN3O6. The van der Waals surface area contributed by atoms with Gasteiger partial charge in [0.2, 0.25) is 5.91 Å². The summed E-state index contributed by atoms with van der Waals surface area (Å²) in [5.74, 6) is -2.71. The van der Waals surface area contributed by atoms with E-state index in [2.05, 4.69) is 0 Å². The highest BCUT2D eigenvalue weighted by atomic mass is 19.1. The Bertz CT molecular complexity index is 852. The maximum absolute atomic E-state index is 15.4. The molecule has 1 aromatic carbocycles. The van der Waals surface area contributed by atoms with Gasteiger partial charge in [0.1, 0.15) is 6.04 Å². The molecule has 1 fully saturated rings. The van der Waals surface area contributed by atoms with E-state index < -0.39 is 29.6 Å². The number of rotatable bonds is 9. The van der Waals surface area contributed by atoms with Gasteiger partial charge in [-0.05, 0) is 31.4 Å². The van der Waals surface area contributed by atoms with Crippen molar-refractivity contribution in [1.82, 2.24) is 4.90 Å².